The van der Waals surface area contributed by atoms with Crippen LogP contribution in [0.3, 0.4) is 0 Å². The lowest BCUT2D eigenvalue weighted by Crippen LogP contribution is -2.52. The summed E-state index contributed by atoms with van der Waals surface area (Å²) < 4.78 is 4.63. The molecule has 1 N–H and O–H groups in total. The highest BCUT2D eigenvalue weighted by Gasteiger charge is 2.40. The molecule has 0 aliphatic carbocycles. The molecule has 0 aromatic heterocycles. The summed E-state index contributed by atoms with van der Waals surface area (Å²) in [7, 11) is 1.32. The quantitative estimate of drug-likeness (QED) is 0.838. The number of aliphatic carboxylic acids is 1. The van der Waals surface area contributed by atoms with Crippen LogP contribution in [0.1, 0.15) is 27.2 Å². The zero-order valence-corrected chi connectivity index (χ0v) is 13.1. The second-order valence-corrected chi connectivity index (χ2v) is 5.89. The third-order valence-electron chi connectivity index (χ3n) is 4.35. The first-order chi connectivity index (χ1) is 9.72. The van der Waals surface area contributed by atoms with Crippen molar-refractivity contribution in [2.24, 2.45) is 11.3 Å². The molecule has 1 fully saturated rings. The molecule has 1 rings (SSSR count). The van der Waals surface area contributed by atoms with E-state index in [0.717, 1.165) is 0 Å². The zero-order valence-electron chi connectivity index (χ0n) is 13.1. The number of methoxy groups -OCH3 is 1. The van der Waals surface area contributed by atoms with Crippen LogP contribution >= 0.6 is 0 Å². The summed E-state index contributed by atoms with van der Waals surface area (Å²) in [4.78, 5) is 38.2. The number of nitrogens with zero attached hydrogens (tertiary/aromatic N) is 2. The van der Waals surface area contributed by atoms with Gasteiger partial charge in [-0.05, 0) is 12.8 Å². The molecule has 0 saturated carbocycles. The van der Waals surface area contributed by atoms with E-state index in [1.165, 1.54) is 12.0 Å². The van der Waals surface area contributed by atoms with Crippen LogP contribution in [-0.2, 0) is 14.3 Å². The van der Waals surface area contributed by atoms with E-state index >= 15 is 0 Å². The van der Waals surface area contributed by atoms with Gasteiger partial charge in [-0.1, -0.05) is 13.8 Å². The van der Waals surface area contributed by atoms with Crippen molar-refractivity contribution < 1.29 is 24.2 Å². The van der Waals surface area contributed by atoms with Gasteiger partial charge in [0.2, 0.25) is 5.91 Å². The van der Waals surface area contributed by atoms with Crippen LogP contribution in [-0.4, -0.2) is 66.2 Å². The Labute approximate surface area is 124 Å². The van der Waals surface area contributed by atoms with E-state index in [4.69, 9.17) is 0 Å². The Morgan fingerprint density at radius 3 is 2.00 bits per heavy atom. The molecule has 1 atom stereocenters. The second kappa shape index (κ2) is 6.78. The van der Waals surface area contributed by atoms with E-state index in [-0.39, 0.29) is 18.2 Å². The van der Waals surface area contributed by atoms with Crippen molar-refractivity contribution in [2.75, 3.05) is 33.3 Å². The molecule has 1 aliphatic heterocycles. The largest absolute Gasteiger partial charge is 0.481 e. The summed E-state index contributed by atoms with van der Waals surface area (Å²) in [6.45, 7) is 6.83. The average molecular weight is 300 g/mol. The summed E-state index contributed by atoms with van der Waals surface area (Å²) >= 11 is 0. The van der Waals surface area contributed by atoms with Crippen LogP contribution in [0.4, 0.5) is 4.79 Å². The highest BCUT2D eigenvalue weighted by molar-refractivity contribution is 5.85. The first kappa shape index (κ1) is 17.3. The summed E-state index contributed by atoms with van der Waals surface area (Å²) in [5, 5.41) is 9.36. The van der Waals surface area contributed by atoms with Gasteiger partial charge in [0.1, 0.15) is 0 Å². The van der Waals surface area contributed by atoms with Crippen LogP contribution < -0.4 is 0 Å². The van der Waals surface area contributed by atoms with Gasteiger partial charge in [0.25, 0.3) is 0 Å². The van der Waals surface area contributed by atoms with Crippen molar-refractivity contribution in [3.05, 3.63) is 0 Å². The SMILES string of the molecule is COC(=O)N1CCN(C(=O)CC(C)(C(=O)O)C(C)C)CC1. The molecular weight excluding hydrogens is 276 g/mol. The van der Waals surface area contributed by atoms with E-state index in [1.807, 2.05) is 0 Å². The fraction of sp³-hybridized carbons (Fsp3) is 0.786. The first-order valence-corrected chi connectivity index (χ1v) is 7.06. The Kier molecular flexibility index (Phi) is 5.57. The maximum Gasteiger partial charge on any atom is 0.409 e. The number of amides is 2. The number of carboxylic acids is 1. The third-order valence-corrected chi connectivity index (χ3v) is 4.35. The Hall–Kier alpha value is -1.79. The number of hydrogen-bond acceptors (Lipinski definition) is 4. The summed E-state index contributed by atoms with van der Waals surface area (Å²) in [6, 6.07) is 0. The van der Waals surface area contributed by atoms with Gasteiger partial charge in [0.05, 0.1) is 12.5 Å². The fourth-order valence-corrected chi connectivity index (χ4v) is 2.22. The summed E-state index contributed by atoms with van der Waals surface area (Å²) in [6.07, 6.45) is -0.433. The van der Waals surface area contributed by atoms with Gasteiger partial charge in [-0.3, -0.25) is 9.59 Å². The van der Waals surface area contributed by atoms with Crippen molar-refractivity contribution in [3.63, 3.8) is 0 Å². The first-order valence-electron chi connectivity index (χ1n) is 7.06. The van der Waals surface area contributed by atoms with E-state index in [1.54, 1.807) is 25.7 Å². The van der Waals surface area contributed by atoms with Crippen LogP contribution in [0.15, 0.2) is 0 Å². The lowest BCUT2D eigenvalue weighted by atomic mass is 9.76. The van der Waals surface area contributed by atoms with E-state index in [2.05, 4.69) is 4.74 Å². The van der Waals surface area contributed by atoms with Crippen LogP contribution in [0.2, 0.25) is 0 Å². The number of hydrogen-bond donors (Lipinski definition) is 1. The molecule has 2 amide bonds. The molecule has 7 heteroatoms. The van der Waals surface area contributed by atoms with E-state index in [9.17, 15) is 19.5 Å². The van der Waals surface area contributed by atoms with Crippen LogP contribution in [0.5, 0.6) is 0 Å². The fourth-order valence-electron chi connectivity index (χ4n) is 2.22. The molecule has 1 saturated heterocycles. The van der Waals surface area contributed by atoms with Crippen LogP contribution in [0.25, 0.3) is 0 Å². The molecule has 1 aliphatic rings. The highest BCUT2D eigenvalue weighted by atomic mass is 16.5. The number of carbonyl (C=O) groups excluding carboxylic acids is 2. The molecule has 120 valence electrons. The lowest BCUT2D eigenvalue weighted by molar-refractivity contribution is -0.155. The maximum absolute atomic E-state index is 12.3. The van der Waals surface area contributed by atoms with Crippen molar-refractivity contribution >= 4 is 18.0 Å². The Balaban J connectivity index is 2.62. The Morgan fingerprint density at radius 2 is 1.62 bits per heavy atom. The molecular formula is C14H24N2O5. The van der Waals surface area contributed by atoms with Crippen molar-refractivity contribution in [1.29, 1.82) is 0 Å². The van der Waals surface area contributed by atoms with Gasteiger partial charge in [0, 0.05) is 32.6 Å². The molecule has 1 heterocycles. The van der Waals surface area contributed by atoms with E-state index in [0.29, 0.717) is 26.2 Å². The minimum atomic E-state index is -1.07. The zero-order chi connectivity index (χ0) is 16.2. The van der Waals surface area contributed by atoms with Gasteiger partial charge in [-0.15, -0.1) is 0 Å². The van der Waals surface area contributed by atoms with E-state index < -0.39 is 17.5 Å². The van der Waals surface area contributed by atoms with Crippen molar-refractivity contribution in [1.82, 2.24) is 9.80 Å². The number of carboxylic acid groups (broad SMARTS) is 1. The predicted molar refractivity (Wildman–Crippen MR) is 75.8 cm³/mol. The second-order valence-electron chi connectivity index (χ2n) is 5.89. The van der Waals surface area contributed by atoms with Gasteiger partial charge in [0.15, 0.2) is 0 Å². The van der Waals surface area contributed by atoms with Crippen molar-refractivity contribution in [2.45, 2.75) is 27.2 Å². The molecule has 0 spiro atoms. The monoisotopic (exact) mass is 300 g/mol. The number of carbonyl (C=O) groups is 3. The number of ether oxygens (including phenoxy) is 1. The van der Waals surface area contributed by atoms with Gasteiger partial charge < -0.3 is 19.6 Å². The molecule has 0 aromatic carbocycles. The van der Waals surface area contributed by atoms with Gasteiger partial charge in [-0.2, -0.15) is 0 Å². The molecule has 1 unspecified atom stereocenters. The smallest absolute Gasteiger partial charge is 0.409 e. The summed E-state index contributed by atoms with van der Waals surface area (Å²) in [5.41, 5.74) is -1.07. The minimum absolute atomic E-state index is 0.0295. The Morgan fingerprint density at radius 1 is 1.14 bits per heavy atom. The Bertz CT molecular complexity index is 416. The highest BCUT2D eigenvalue weighted by Crippen LogP contribution is 2.32. The standard InChI is InChI=1S/C14H24N2O5/c1-10(2)14(3,12(18)19)9-11(17)15-5-7-16(8-6-15)13(20)21-4/h10H,5-9H2,1-4H3,(H,18,19). The molecule has 0 aromatic rings. The predicted octanol–water partition coefficient (Wildman–Crippen LogP) is 1.03. The lowest BCUT2D eigenvalue weighted by Gasteiger charge is -2.36. The molecule has 0 bridgehead atoms. The molecule has 21 heavy (non-hydrogen) atoms. The molecule has 0 radical (unpaired) electrons. The van der Waals surface area contributed by atoms with Gasteiger partial charge >= 0.3 is 12.1 Å². The molecule has 7 nitrogen and oxygen atoms in total. The normalized spacial score (nSPS) is 18.3. The van der Waals surface area contributed by atoms with Gasteiger partial charge in [-0.25, -0.2) is 4.79 Å². The maximum atomic E-state index is 12.3. The average Bonchev–Trinajstić information content (AvgIpc) is 2.45. The minimum Gasteiger partial charge on any atom is -0.481 e. The topological polar surface area (TPSA) is 87.2 Å². The number of piperazine rings is 1. The summed E-state index contributed by atoms with van der Waals surface area (Å²) in [5.74, 6) is -1.28. The van der Waals surface area contributed by atoms with Crippen LogP contribution in [0, 0.1) is 11.3 Å². The van der Waals surface area contributed by atoms with Crippen molar-refractivity contribution in [3.8, 4) is 0 Å². The third kappa shape index (κ3) is 3.86. The number of rotatable bonds is 4.